The zero-order valence-corrected chi connectivity index (χ0v) is 13.9. The maximum absolute atomic E-state index is 12.0. The molecule has 1 rings (SSSR count). The normalized spacial score (nSPS) is 11.4. The Kier molecular flexibility index (Phi) is 5.82. The number of ether oxygens (including phenoxy) is 1. The molecule has 0 radical (unpaired) electrons. The van der Waals surface area contributed by atoms with Crippen LogP contribution in [0.3, 0.4) is 0 Å². The van der Waals surface area contributed by atoms with Gasteiger partial charge in [0.05, 0.1) is 11.2 Å². The lowest BCUT2D eigenvalue weighted by atomic mass is 10.1. The van der Waals surface area contributed by atoms with E-state index in [0.29, 0.717) is 18.7 Å². The summed E-state index contributed by atoms with van der Waals surface area (Å²) >= 11 is 6.73. The van der Waals surface area contributed by atoms with Crippen molar-refractivity contribution in [2.75, 3.05) is 13.2 Å². The lowest BCUT2D eigenvalue weighted by Gasteiger charge is -2.25. The standard InChI is InChI=1S/C13H17Br2NO2/c1-4-18-13(2,3)8-16-12(17)10-6-5-9(14)7-11(10)15/h5-7H,4,8H2,1-3H3,(H,16,17). The summed E-state index contributed by atoms with van der Waals surface area (Å²) in [5, 5.41) is 2.88. The third-order valence-corrected chi connectivity index (χ3v) is 3.53. The number of rotatable bonds is 5. The molecule has 0 fully saturated rings. The molecule has 0 aliphatic heterocycles. The first-order chi connectivity index (χ1) is 8.35. The van der Waals surface area contributed by atoms with Crippen LogP contribution in [0, 0.1) is 0 Å². The van der Waals surface area contributed by atoms with Crippen molar-refractivity contribution < 1.29 is 9.53 Å². The van der Waals surface area contributed by atoms with Crippen LogP contribution in [0.1, 0.15) is 31.1 Å². The van der Waals surface area contributed by atoms with Gasteiger partial charge in [-0.15, -0.1) is 0 Å². The Bertz CT molecular complexity index is 433. The number of carbonyl (C=O) groups is 1. The molecule has 1 N–H and O–H groups in total. The maximum Gasteiger partial charge on any atom is 0.252 e. The SMILES string of the molecule is CCOC(C)(C)CNC(=O)c1ccc(Br)cc1Br. The van der Waals surface area contributed by atoms with Gasteiger partial charge in [0.1, 0.15) is 0 Å². The van der Waals surface area contributed by atoms with Crippen molar-refractivity contribution in [3.63, 3.8) is 0 Å². The molecule has 5 heteroatoms. The molecular formula is C13H17Br2NO2. The Labute approximate surface area is 125 Å². The van der Waals surface area contributed by atoms with E-state index in [1.54, 1.807) is 6.07 Å². The van der Waals surface area contributed by atoms with Crippen LogP contribution in [0.15, 0.2) is 27.1 Å². The molecule has 1 amide bonds. The summed E-state index contributed by atoms with van der Waals surface area (Å²) < 4.78 is 7.23. The summed E-state index contributed by atoms with van der Waals surface area (Å²) in [6.45, 7) is 6.95. The van der Waals surface area contributed by atoms with Gasteiger partial charge in [0.2, 0.25) is 0 Å². The van der Waals surface area contributed by atoms with E-state index >= 15 is 0 Å². The number of carbonyl (C=O) groups excluding carboxylic acids is 1. The molecule has 0 aliphatic rings. The average Bonchev–Trinajstić information content (AvgIpc) is 2.26. The van der Waals surface area contributed by atoms with Crippen molar-refractivity contribution in [2.45, 2.75) is 26.4 Å². The number of amides is 1. The molecule has 3 nitrogen and oxygen atoms in total. The van der Waals surface area contributed by atoms with Crippen LogP contribution in [0.25, 0.3) is 0 Å². The molecule has 1 aromatic rings. The van der Waals surface area contributed by atoms with Crippen LogP contribution in [0.2, 0.25) is 0 Å². The van der Waals surface area contributed by atoms with Crippen LogP contribution in [-0.4, -0.2) is 24.7 Å². The van der Waals surface area contributed by atoms with Gasteiger partial charge in [-0.25, -0.2) is 0 Å². The Hall–Kier alpha value is -0.390. The van der Waals surface area contributed by atoms with Crippen LogP contribution in [-0.2, 0) is 4.74 Å². The van der Waals surface area contributed by atoms with Crippen molar-refractivity contribution in [2.24, 2.45) is 0 Å². The predicted octanol–water partition coefficient (Wildman–Crippen LogP) is 3.76. The molecular weight excluding hydrogens is 362 g/mol. The molecule has 100 valence electrons. The fourth-order valence-corrected chi connectivity index (χ4v) is 2.73. The molecule has 0 saturated carbocycles. The van der Waals surface area contributed by atoms with Gasteiger partial charge in [-0.3, -0.25) is 4.79 Å². The molecule has 18 heavy (non-hydrogen) atoms. The molecule has 0 atom stereocenters. The average molecular weight is 379 g/mol. The van der Waals surface area contributed by atoms with Gasteiger partial charge >= 0.3 is 0 Å². The highest BCUT2D eigenvalue weighted by Gasteiger charge is 2.19. The fraction of sp³-hybridized carbons (Fsp3) is 0.462. The summed E-state index contributed by atoms with van der Waals surface area (Å²) in [7, 11) is 0. The highest BCUT2D eigenvalue weighted by Crippen LogP contribution is 2.22. The second kappa shape index (κ2) is 6.68. The Morgan fingerprint density at radius 3 is 2.61 bits per heavy atom. The monoisotopic (exact) mass is 377 g/mol. The number of halogens is 2. The smallest absolute Gasteiger partial charge is 0.252 e. The molecule has 0 bridgehead atoms. The Morgan fingerprint density at radius 1 is 1.39 bits per heavy atom. The first-order valence-electron chi connectivity index (χ1n) is 5.73. The van der Waals surface area contributed by atoms with E-state index in [2.05, 4.69) is 37.2 Å². The van der Waals surface area contributed by atoms with Crippen molar-refractivity contribution in [3.8, 4) is 0 Å². The van der Waals surface area contributed by atoms with Crippen LogP contribution < -0.4 is 5.32 Å². The van der Waals surface area contributed by atoms with E-state index < -0.39 is 0 Å². The van der Waals surface area contributed by atoms with E-state index in [1.165, 1.54) is 0 Å². The van der Waals surface area contributed by atoms with Gasteiger partial charge in [-0.2, -0.15) is 0 Å². The Morgan fingerprint density at radius 2 is 2.06 bits per heavy atom. The molecule has 0 unspecified atom stereocenters. The summed E-state index contributed by atoms with van der Waals surface area (Å²) in [5.41, 5.74) is 0.261. The summed E-state index contributed by atoms with van der Waals surface area (Å²) in [6.07, 6.45) is 0. The number of hydrogen-bond donors (Lipinski definition) is 1. The van der Waals surface area contributed by atoms with E-state index in [0.717, 1.165) is 8.95 Å². The van der Waals surface area contributed by atoms with Gasteiger partial charge in [0.25, 0.3) is 5.91 Å². The molecule has 0 heterocycles. The van der Waals surface area contributed by atoms with E-state index in [9.17, 15) is 4.79 Å². The van der Waals surface area contributed by atoms with E-state index in [4.69, 9.17) is 4.74 Å². The summed E-state index contributed by atoms with van der Waals surface area (Å²) in [5.74, 6) is -0.109. The Balaban J connectivity index is 2.66. The van der Waals surface area contributed by atoms with Gasteiger partial charge in [-0.05, 0) is 54.9 Å². The molecule has 0 spiro atoms. The topological polar surface area (TPSA) is 38.3 Å². The second-order valence-electron chi connectivity index (χ2n) is 4.50. The lowest BCUT2D eigenvalue weighted by Crippen LogP contribution is -2.40. The second-order valence-corrected chi connectivity index (χ2v) is 6.27. The quantitative estimate of drug-likeness (QED) is 0.847. The molecule has 0 aliphatic carbocycles. The minimum atomic E-state index is -0.355. The first-order valence-corrected chi connectivity index (χ1v) is 7.31. The van der Waals surface area contributed by atoms with Crippen molar-refractivity contribution in [1.29, 1.82) is 0 Å². The van der Waals surface area contributed by atoms with Crippen LogP contribution in [0.5, 0.6) is 0 Å². The number of hydrogen-bond acceptors (Lipinski definition) is 2. The van der Waals surface area contributed by atoms with Gasteiger partial charge in [-0.1, -0.05) is 15.9 Å². The third kappa shape index (κ3) is 4.71. The van der Waals surface area contributed by atoms with Crippen molar-refractivity contribution in [1.82, 2.24) is 5.32 Å². The fourth-order valence-electron chi connectivity index (χ4n) is 1.50. The molecule has 0 saturated heterocycles. The maximum atomic E-state index is 12.0. The zero-order chi connectivity index (χ0) is 13.8. The molecule has 0 aromatic heterocycles. The number of nitrogens with one attached hydrogen (secondary N) is 1. The van der Waals surface area contributed by atoms with Crippen molar-refractivity contribution in [3.05, 3.63) is 32.7 Å². The summed E-state index contributed by atoms with van der Waals surface area (Å²) in [4.78, 5) is 12.0. The molecule has 1 aromatic carbocycles. The third-order valence-electron chi connectivity index (χ3n) is 2.39. The van der Waals surface area contributed by atoms with E-state index in [1.807, 2.05) is 32.9 Å². The minimum Gasteiger partial charge on any atom is -0.374 e. The van der Waals surface area contributed by atoms with E-state index in [-0.39, 0.29) is 11.5 Å². The van der Waals surface area contributed by atoms with Gasteiger partial charge in [0, 0.05) is 22.1 Å². The van der Waals surface area contributed by atoms with Crippen molar-refractivity contribution >= 4 is 37.8 Å². The zero-order valence-electron chi connectivity index (χ0n) is 10.7. The lowest BCUT2D eigenvalue weighted by molar-refractivity contribution is -0.00815. The highest BCUT2D eigenvalue weighted by atomic mass is 79.9. The largest absolute Gasteiger partial charge is 0.374 e. The van der Waals surface area contributed by atoms with Crippen LogP contribution in [0.4, 0.5) is 0 Å². The van der Waals surface area contributed by atoms with Gasteiger partial charge < -0.3 is 10.1 Å². The predicted molar refractivity (Wildman–Crippen MR) is 79.9 cm³/mol. The minimum absolute atomic E-state index is 0.109. The highest BCUT2D eigenvalue weighted by molar-refractivity contribution is 9.11. The first kappa shape index (κ1) is 15.7. The van der Waals surface area contributed by atoms with Crippen LogP contribution >= 0.6 is 31.9 Å². The van der Waals surface area contributed by atoms with Gasteiger partial charge in [0.15, 0.2) is 0 Å². The number of benzene rings is 1. The summed E-state index contributed by atoms with van der Waals surface area (Å²) in [6, 6.07) is 5.47.